The summed E-state index contributed by atoms with van der Waals surface area (Å²) in [6.45, 7) is 7.86. The van der Waals surface area contributed by atoms with Crippen LogP contribution in [0, 0.1) is 5.41 Å². The minimum absolute atomic E-state index is 0.165. The number of nitrogens with one attached hydrogen (secondary N) is 1. The molecular weight excluding hydrogens is 415 g/mol. The van der Waals surface area contributed by atoms with Crippen molar-refractivity contribution in [2.75, 3.05) is 45.9 Å². The van der Waals surface area contributed by atoms with E-state index in [9.17, 15) is 9.18 Å². The molecule has 1 amide bonds. The average Bonchev–Trinajstić information content (AvgIpc) is 3.09. The quantitative estimate of drug-likeness (QED) is 0.537. The Bertz CT molecular complexity index is 644. The second kappa shape index (κ2) is 7.37. The number of halogens is 2. The first-order valence-electron chi connectivity index (χ1n) is 9.85. The van der Waals surface area contributed by atoms with Gasteiger partial charge in [-0.2, -0.15) is 0 Å². The van der Waals surface area contributed by atoms with E-state index in [2.05, 4.69) is 31.0 Å². The zero-order valence-corrected chi connectivity index (χ0v) is 17.4. The van der Waals surface area contributed by atoms with E-state index in [-0.39, 0.29) is 11.9 Å². The number of likely N-dealkylation sites (tertiary alicyclic amines) is 1. The fourth-order valence-corrected chi connectivity index (χ4v) is 5.55. The summed E-state index contributed by atoms with van der Waals surface area (Å²) in [6, 6.07) is 0.606. The lowest BCUT2D eigenvalue weighted by Crippen LogP contribution is -2.61. The van der Waals surface area contributed by atoms with Gasteiger partial charge < -0.3 is 15.0 Å². The molecule has 0 aromatic heterocycles. The summed E-state index contributed by atoms with van der Waals surface area (Å²) in [5.41, 5.74) is 0.307. The number of carbonyl (C=O) groups is 1. The second-order valence-corrected chi connectivity index (χ2v) is 9.36. The van der Waals surface area contributed by atoms with Gasteiger partial charge in [-0.3, -0.25) is 9.80 Å². The van der Waals surface area contributed by atoms with Crippen LogP contribution in [0.3, 0.4) is 0 Å². The number of piperazine rings is 1. The number of nitrogens with zero attached hydrogens (tertiary/aromatic N) is 3. The molecule has 6 nitrogen and oxygen atoms in total. The van der Waals surface area contributed by atoms with E-state index < -0.39 is 4.57 Å². The normalized spacial score (nSPS) is 33.5. The molecule has 2 atom stereocenters. The Balaban J connectivity index is 1.26. The van der Waals surface area contributed by atoms with Gasteiger partial charge in [-0.25, -0.2) is 9.18 Å². The van der Waals surface area contributed by atoms with E-state index in [0.29, 0.717) is 18.1 Å². The summed E-state index contributed by atoms with van der Waals surface area (Å²) in [6.07, 6.45) is 8.17. The molecule has 0 bridgehead atoms. The van der Waals surface area contributed by atoms with Crippen molar-refractivity contribution in [1.29, 1.82) is 0 Å². The number of allylic oxidation sites excluding steroid dienone is 2. The predicted octanol–water partition coefficient (Wildman–Crippen LogP) is 2.63. The lowest BCUT2D eigenvalue weighted by atomic mass is 9.78. The van der Waals surface area contributed by atoms with Gasteiger partial charge in [-0.05, 0) is 54.3 Å². The fraction of sp³-hybridized carbons (Fsp3) is 0.737. The Morgan fingerprint density at radius 1 is 1.37 bits per heavy atom. The molecule has 0 radical (unpaired) electrons. The summed E-state index contributed by atoms with van der Waals surface area (Å²) in [5, 5.41) is 3.11. The number of dihydropyridines is 1. The molecule has 1 unspecified atom stereocenters. The summed E-state index contributed by atoms with van der Waals surface area (Å²) >= 11 is 3.71. The van der Waals surface area contributed by atoms with E-state index in [4.69, 9.17) is 4.74 Å². The molecule has 0 aromatic carbocycles. The van der Waals surface area contributed by atoms with Crippen molar-refractivity contribution in [2.45, 2.75) is 36.8 Å². The number of hydrogen-bond acceptors (Lipinski definition) is 5. The van der Waals surface area contributed by atoms with Gasteiger partial charge in [-0.15, -0.1) is 0 Å². The number of hydrogen-bond donors (Lipinski definition) is 1. The maximum Gasteiger partial charge on any atom is 0.409 e. The Morgan fingerprint density at radius 3 is 2.74 bits per heavy atom. The Kier molecular flexibility index (Phi) is 5.24. The maximum absolute atomic E-state index is 13.2. The molecule has 2 saturated heterocycles. The largest absolute Gasteiger partial charge is 0.450 e. The van der Waals surface area contributed by atoms with Crippen LogP contribution in [0.25, 0.3) is 0 Å². The van der Waals surface area contributed by atoms with E-state index >= 15 is 0 Å². The van der Waals surface area contributed by atoms with Gasteiger partial charge in [0.2, 0.25) is 0 Å². The van der Waals surface area contributed by atoms with Gasteiger partial charge in [0.15, 0.2) is 4.57 Å². The van der Waals surface area contributed by atoms with Crippen LogP contribution in [0.4, 0.5) is 9.18 Å². The number of rotatable bonds is 3. The summed E-state index contributed by atoms with van der Waals surface area (Å²) in [5.74, 6) is -0.252. The third-order valence-corrected chi connectivity index (χ3v) is 7.42. The molecule has 1 aliphatic carbocycles. The molecular formula is C19H28BrFN4O2. The number of alkyl halides is 1. The van der Waals surface area contributed by atoms with Crippen molar-refractivity contribution < 1.29 is 13.9 Å². The third-order valence-electron chi connectivity index (χ3n) is 6.42. The first-order chi connectivity index (χ1) is 12.9. The van der Waals surface area contributed by atoms with Crippen LogP contribution >= 0.6 is 15.9 Å². The van der Waals surface area contributed by atoms with Crippen molar-refractivity contribution in [3.8, 4) is 0 Å². The number of ether oxygens (including phenoxy) is 1. The van der Waals surface area contributed by atoms with Crippen LogP contribution in [-0.2, 0) is 4.74 Å². The molecule has 0 aromatic rings. The van der Waals surface area contributed by atoms with Crippen LogP contribution in [-0.4, -0.2) is 77.3 Å². The second-order valence-electron chi connectivity index (χ2n) is 8.15. The van der Waals surface area contributed by atoms with Crippen LogP contribution < -0.4 is 5.32 Å². The lowest BCUT2D eigenvalue weighted by Gasteiger charge is -2.48. The van der Waals surface area contributed by atoms with Gasteiger partial charge in [0.05, 0.1) is 6.61 Å². The number of carbonyl (C=O) groups excluding carboxylic acids is 1. The van der Waals surface area contributed by atoms with Crippen LogP contribution in [0.1, 0.15) is 26.2 Å². The minimum Gasteiger partial charge on any atom is -0.450 e. The third kappa shape index (κ3) is 3.76. The van der Waals surface area contributed by atoms with Crippen molar-refractivity contribution in [1.82, 2.24) is 20.0 Å². The van der Waals surface area contributed by atoms with Gasteiger partial charge in [0, 0.05) is 56.9 Å². The highest BCUT2D eigenvalue weighted by molar-refractivity contribution is 9.10. The number of amides is 1. The molecule has 3 fully saturated rings. The van der Waals surface area contributed by atoms with E-state index in [0.717, 1.165) is 39.3 Å². The molecule has 150 valence electrons. The Morgan fingerprint density at radius 2 is 2.11 bits per heavy atom. The zero-order chi connectivity index (χ0) is 19.1. The predicted molar refractivity (Wildman–Crippen MR) is 105 cm³/mol. The molecule has 1 spiro atoms. The zero-order valence-electron chi connectivity index (χ0n) is 15.8. The molecule has 8 heteroatoms. The minimum atomic E-state index is -0.486. The first kappa shape index (κ1) is 19.2. The molecule has 3 aliphatic heterocycles. The smallest absolute Gasteiger partial charge is 0.409 e. The fourth-order valence-electron chi connectivity index (χ4n) is 4.95. The highest BCUT2D eigenvalue weighted by atomic mass is 79.9. The standard InChI is InChI=1S/C19H28BrFN4O2/c1-2-27-17(26)24-13-18(14-24)5-4-16(11-18)23-7-9-25(10-8-23)19(20)6-3-15(21)12-22-19/h3,6,12,16,22H,2,4-5,7-11,13-14H2,1H3/t16-,19?/m1/s1. The topological polar surface area (TPSA) is 48.1 Å². The van der Waals surface area contributed by atoms with Crippen LogP contribution in [0.2, 0.25) is 0 Å². The van der Waals surface area contributed by atoms with Crippen molar-refractivity contribution in [2.24, 2.45) is 5.41 Å². The van der Waals surface area contributed by atoms with Gasteiger partial charge in [0.25, 0.3) is 0 Å². The van der Waals surface area contributed by atoms with Gasteiger partial charge in [-0.1, -0.05) is 0 Å². The molecule has 4 rings (SSSR count). The van der Waals surface area contributed by atoms with Gasteiger partial charge in [0.1, 0.15) is 5.83 Å². The molecule has 1 saturated carbocycles. The van der Waals surface area contributed by atoms with E-state index in [1.807, 2.05) is 17.9 Å². The van der Waals surface area contributed by atoms with E-state index in [1.54, 1.807) is 0 Å². The summed E-state index contributed by atoms with van der Waals surface area (Å²) in [4.78, 5) is 18.6. The van der Waals surface area contributed by atoms with Crippen LogP contribution in [0.5, 0.6) is 0 Å². The van der Waals surface area contributed by atoms with Crippen molar-refractivity contribution in [3.63, 3.8) is 0 Å². The molecule has 1 N–H and O–H groups in total. The van der Waals surface area contributed by atoms with Crippen molar-refractivity contribution in [3.05, 3.63) is 24.2 Å². The Hall–Kier alpha value is -1.12. The molecule has 27 heavy (non-hydrogen) atoms. The highest BCUT2D eigenvalue weighted by Crippen LogP contribution is 2.47. The summed E-state index contributed by atoms with van der Waals surface area (Å²) < 4.78 is 17.8. The maximum atomic E-state index is 13.2. The first-order valence-corrected chi connectivity index (χ1v) is 10.6. The SMILES string of the molecule is CCOC(=O)N1CC2(CC[C@@H](N3CCN(C4(Br)C=CC(F)=CN4)CC3)C2)C1. The monoisotopic (exact) mass is 442 g/mol. The van der Waals surface area contributed by atoms with E-state index in [1.165, 1.54) is 31.5 Å². The lowest BCUT2D eigenvalue weighted by molar-refractivity contribution is -0.00585. The summed E-state index contributed by atoms with van der Waals surface area (Å²) in [7, 11) is 0. The Labute approximate surface area is 168 Å². The van der Waals surface area contributed by atoms with Crippen LogP contribution in [0.15, 0.2) is 24.2 Å². The average molecular weight is 443 g/mol. The molecule has 4 aliphatic rings. The van der Waals surface area contributed by atoms with Gasteiger partial charge >= 0.3 is 6.09 Å². The highest BCUT2D eigenvalue weighted by Gasteiger charge is 2.51. The molecule has 3 heterocycles. The van der Waals surface area contributed by atoms with Crippen molar-refractivity contribution >= 4 is 22.0 Å².